The monoisotopic (exact) mass is 296 g/mol. The van der Waals surface area contributed by atoms with E-state index in [1.165, 1.54) is 0 Å². The minimum absolute atomic E-state index is 0.425. The molecule has 1 heterocycles. The molecule has 0 amide bonds. The van der Waals surface area contributed by atoms with E-state index in [4.69, 9.17) is 13.9 Å². The van der Waals surface area contributed by atoms with E-state index in [9.17, 15) is 0 Å². The van der Waals surface area contributed by atoms with Gasteiger partial charge in [-0.25, -0.2) is 0 Å². The second-order valence-electron chi connectivity index (χ2n) is 4.88. The second-order valence-corrected chi connectivity index (χ2v) is 4.88. The third-order valence-corrected chi connectivity index (χ3v) is 3.29. The first-order chi connectivity index (χ1) is 10.7. The van der Waals surface area contributed by atoms with Gasteiger partial charge in [0.15, 0.2) is 0 Å². The Kier molecular flexibility index (Phi) is 3.78. The lowest BCUT2D eigenvalue weighted by atomic mass is 10.1. The molecular formula is C17H16N2O3. The van der Waals surface area contributed by atoms with E-state index < -0.39 is 0 Å². The molecule has 22 heavy (non-hydrogen) atoms. The quantitative estimate of drug-likeness (QED) is 0.734. The van der Waals surface area contributed by atoms with Crippen LogP contribution < -0.4 is 9.47 Å². The maximum atomic E-state index is 5.78. The highest BCUT2D eigenvalue weighted by Crippen LogP contribution is 2.30. The highest BCUT2D eigenvalue weighted by molar-refractivity contribution is 5.62. The van der Waals surface area contributed by atoms with E-state index in [2.05, 4.69) is 10.2 Å². The maximum absolute atomic E-state index is 5.78. The molecule has 3 aromatic rings. The SMILES string of the molecule is COc1cc(OC)cc(-c2nnc(-c3cccc(C)c3)o2)c1. The summed E-state index contributed by atoms with van der Waals surface area (Å²) in [5.74, 6) is 2.25. The van der Waals surface area contributed by atoms with Crippen LogP contribution in [0.1, 0.15) is 5.56 Å². The van der Waals surface area contributed by atoms with Crippen molar-refractivity contribution in [2.75, 3.05) is 14.2 Å². The molecule has 0 unspecified atom stereocenters. The lowest BCUT2D eigenvalue weighted by Gasteiger charge is -2.05. The van der Waals surface area contributed by atoms with E-state index >= 15 is 0 Å². The molecule has 0 atom stereocenters. The lowest BCUT2D eigenvalue weighted by Crippen LogP contribution is -1.88. The molecular weight excluding hydrogens is 280 g/mol. The van der Waals surface area contributed by atoms with Gasteiger partial charge in [0.25, 0.3) is 0 Å². The Morgan fingerprint density at radius 3 is 2.05 bits per heavy atom. The van der Waals surface area contributed by atoms with E-state index in [0.717, 1.165) is 16.7 Å². The number of aromatic nitrogens is 2. The molecule has 112 valence electrons. The predicted molar refractivity (Wildman–Crippen MR) is 83.0 cm³/mol. The molecule has 0 bridgehead atoms. The smallest absolute Gasteiger partial charge is 0.248 e. The molecule has 0 N–H and O–H groups in total. The van der Waals surface area contributed by atoms with Crippen LogP contribution in [0.4, 0.5) is 0 Å². The maximum Gasteiger partial charge on any atom is 0.248 e. The average Bonchev–Trinajstić information content (AvgIpc) is 3.04. The number of nitrogens with zero attached hydrogens (tertiary/aromatic N) is 2. The van der Waals surface area contributed by atoms with Crippen molar-refractivity contribution >= 4 is 0 Å². The van der Waals surface area contributed by atoms with Gasteiger partial charge in [-0.3, -0.25) is 0 Å². The number of ether oxygens (including phenoxy) is 2. The molecule has 5 heteroatoms. The summed E-state index contributed by atoms with van der Waals surface area (Å²) < 4.78 is 16.3. The molecule has 0 aliphatic rings. The molecule has 0 aliphatic heterocycles. The van der Waals surface area contributed by atoms with Crippen LogP contribution in [0.3, 0.4) is 0 Å². The number of rotatable bonds is 4. The number of methoxy groups -OCH3 is 2. The summed E-state index contributed by atoms with van der Waals surface area (Å²) in [6.07, 6.45) is 0. The number of hydrogen-bond acceptors (Lipinski definition) is 5. The molecule has 0 fully saturated rings. The first-order valence-electron chi connectivity index (χ1n) is 6.83. The van der Waals surface area contributed by atoms with Crippen molar-refractivity contribution in [1.82, 2.24) is 10.2 Å². The summed E-state index contributed by atoms with van der Waals surface area (Å²) in [4.78, 5) is 0. The van der Waals surface area contributed by atoms with Crippen LogP contribution >= 0.6 is 0 Å². The van der Waals surface area contributed by atoms with Gasteiger partial charge in [0, 0.05) is 17.2 Å². The molecule has 1 aromatic heterocycles. The fourth-order valence-corrected chi connectivity index (χ4v) is 2.17. The van der Waals surface area contributed by atoms with Crippen LogP contribution in [0.25, 0.3) is 22.9 Å². The molecule has 3 rings (SSSR count). The number of aryl methyl sites for hydroxylation is 1. The summed E-state index contributed by atoms with van der Waals surface area (Å²) in [5.41, 5.74) is 2.79. The Hall–Kier alpha value is -2.82. The van der Waals surface area contributed by atoms with Crippen LogP contribution in [0.5, 0.6) is 11.5 Å². The van der Waals surface area contributed by atoms with Crippen LogP contribution in [0.15, 0.2) is 46.9 Å². The lowest BCUT2D eigenvalue weighted by molar-refractivity contribution is 0.394. The van der Waals surface area contributed by atoms with Gasteiger partial charge in [-0.05, 0) is 31.2 Å². The topological polar surface area (TPSA) is 57.4 Å². The fourth-order valence-electron chi connectivity index (χ4n) is 2.17. The average molecular weight is 296 g/mol. The normalized spacial score (nSPS) is 10.5. The van der Waals surface area contributed by atoms with E-state index in [0.29, 0.717) is 23.3 Å². The van der Waals surface area contributed by atoms with Gasteiger partial charge in [0.1, 0.15) is 11.5 Å². The van der Waals surface area contributed by atoms with Crippen molar-refractivity contribution in [2.24, 2.45) is 0 Å². The first kappa shape index (κ1) is 14.1. The Morgan fingerprint density at radius 1 is 0.818 bits per heavy atom. The van der Waals surface area contributed by atoms with E-state index in [1.54, 1.807) is 20.3 Å². The van der Waals surface area contributed by atoms with Crippen LogP contribution in [0, 0.1) is 6.92 Å². The molecule has 0 spiro atoms. The first-order valence-corrected chi connectivity index (χ1v) is 6.83. The highest BCUT2D eigenvalue weighted by atomic mass is 16.5. The summed E-state index contributed by atoms with van der Waals surface area (Å²) >= 11 is 0. The van der Waals surface area contributed by atoms with Crippen molar-refractivity contribution in [3.63, 3.8) is 0 Å². The number of benzene rings is 2. The largest absolute Gasteiger partial charge is 0.497 e. The van der Waals surface area contributed by atoms with Crippen LogP contribution in [-0.4, -0.2) is 24.4 Å². The molecule has 0 saturated carbocycles. The fraction of sp³-hybridized carbons (Fsp3) is 0.176. The second kappa shape index (κ2) is 5.89. The Morgan fingerprint density at radius 2 is 1.45 bits per heavy atom. The number of hydrogen-bond donors (Lipinski definition) is 0. The summed E-state index contributed by atoms with van der Waals surface area (Å²) in [7, 11) is 3.20. The third kappa shape index (κ3) is 2.79. The molecule has 0 aliphatic carbocycles. The van der Waals surface area contributed by atoms with Crippen LogP contribution in [-0.2, 0) is 0 Å². The van der Waals surface area contributed by atoms with Gasteiger partial charge in [0.05, 0.1) is 14.2 Å². The summed E-state index contributed by atoms with van der Waals surface area (Å²) in [6, 6.07) is 13.4. The van der Waals surface area contributed by atoms with Crippen molar-refractivity contribution in [3.8, 4) is 34.4 Å². The molecule has 0 saturated heterocycles. The van der Waals surface area contributed by atoms with Crippen molar-refractivity contribution in [3.05, 3.63) is 48.0 Å². The van der Waals surface area contributed by atoms with E-state index in [1.807, 2.05) is 43.3 Å². The van der Waals surface area contributed by atoms with Gasteiger partial charge in [0.2, 0.25) is 11.8 Å². The Balaban J connectivity index is 2.00. The standard InChI is InChI=1S/C17H16N2O3/c1-11-5-4-6-12(7-11)16-18-19-17(22-16)13-8-14(20-2)10-15(9-13)21-3/h4-10H,1-3H3. The van der Waals surface area contributed by atoms with Gasteiger partial charge in [-0.1, -0.05) is 17.7 Å². The molecule has 2 aromatic carbocycles. The molecule has 5 nitrogen and oxygen atoms in total. The minimum atomic E-state index is 0.425. The van der Waals surface area contributed by atoms with Crippen molar-refractivity contribution < 1.29 is 13.9 Å². The minimum Gasteiger partial charge on any atom is -0.497 e. The van der Waals surface area contributed by atoms with E-state index in [-0.39, 0.29) is 0 Å². The summed E-state index contributed by atoms with van der Waals surface area (Å²) in [5, 5.41) is 8.23. The molecule has 0 radical (unpaired) electrons. The zero-order chi connectivity index (χ0) is 15.5. The van der Waals surface area contributed by atoms with Gasteiger partial charge in [-0.2, -0.15) is 0 Å². The summed E-state index contributed by atoms with van der Waals surface area (Å²) in [6.45, 7) is 2.02. The highest BCUT2D eigenvalue weighted by Gasteiger charge is 2.13. The van der Waals surface area contributed by atoms with Gasteiger partial charge >= 0.3 is 0 Å². The van der Waals surface area contributed by atoms with Crippen molar-refractivity contribution in [1.29, 1.82) is 0 Å². The zero-order valence-electron chi connectivity index (χ0n) is 12.7. The van der Waals surface area contributed by atoms with Crippen molar-refractivity contribution in [2.45, 2.75) is 6.92 Å². The van der Waals surface area contributed by atoms with Gasteiger partial charge in [-0.15, -0.1) is 10.2 Å². The van der Waals surface area contributed by atoms with Crippen LogP contribution in [0.2, 0.25) is 0 Å². The third-order valence-electron chi connectivity index (χ3n) is 3.29. The van der Waals surface area contributed by atoms with Gasteiger partial charge < -0.3 is 13.9 Å². The Labute approximate surface area is 128 Å². The Bertz CT molecular complexity index is 774. The predicted octanol–water partition coefficient (Wildman–Crippen LogP) is 3.73. The zero-order valence-corrected chi connectivity index (χ0v) is 12.7.